The molecule has 160 valence electrons. The highest BCUT2D eigenvalue weighted by atomic mass is 32.2. The molecular formula is C24H18F2N4OS. The van der Waals surface area contributed by atoms with Crippen LogP contribution >= 0.6 is 11.8 Å². The fraction of sp³-hybridized carbons (Fsp3) is 0.125. The Morgan fingerprint density at radius 2 is 1.72 bits per heavy atom. The SMILES string of the molecule is O=C(CSc1nnc(-c2ccccc2)n1-c1ccc(F)cc1F)N1CCc2ccccc21. The van der Waals surface area contributed by atoms with Gasteiger partial charge in [-0.15, -0.1) is 10.2 Å². The number of anilines is 1. The van der Waals surface area contributed by atoms with Crippen molar-refractivity contribution in [3.05, 3.63) is 90.0 Å². The van der Waals surface area contributed by atoms with Crippen LogP contribution < -0.4 is 4.90 Å². The van der Waals surface area contributed by atoms with Gasteiger partial charge in [-0.2, -0.15) is 0 Å². The normalized spacial score (nSPS) is 12.8. The third kappa shape index (κ3) is 3.78. The van der Waals surface area contributed by atoms with Crippen molar-refractivity contribution in [2.24, 2.45) is 0 Å². The number of hydrogen-bond donors (Lipinski definition) is 0. The van der Waals surface area contributed by atoms with E-state index in [-0.39, 0.29) is 17.3 Å². The lowest BCUT2D eigenvalue weighted by Gasteiger charge is -2.17. The number of halogens is 2. The van der Waals surface area contributed by atoms with Gasteiger partial charge in [0.25, 0.3) is 0 Å². The molecule has 1 amide bonds. The lowest BCUT2D eigenvalue weighted by Crippen LogP contribution is -2.30. The molecule has 3 aromatic carbocycles. The van der Waals surface area contributed by atoms with E-state index in [9.17, 15) is 13.6 Å². The van der Waals surface area contributed by atoms with Crippen LogP contribution in [0.25, 0.3) is 17.1 Å². The van der Waals surface area contributed by atoms with Gasteiger partial charge in [0.1, 0.15) is 11.6 Å². The third-order valence-electron chi connectivity index (χ3n) is 5.33. The summed E-state index contributed by atoms with van der Waals surface area (Å²) in [5.41, 5.74) is 2.93. The van der Waals surface area contributed by atoms with Gasteiger partial charge in [-0.05, 0) is 30.2 Å². The second-order valence-corrected chi connectivity index (χ2v) is 8.26. The number of carbonyl (C=O) groups is 1. The van der Waals surface area contributed by atoms with Gasteiger partial charge in [0.2, 0.25) is 5.91 Å². The molecule has 1 aliphatic rings. The van der Waals surface area contributed by atoms with E-state index < -0.39 is 11.6 Å². The minimum absolute atomic E-state index is 0.0599. The van der Waals surface area contributed by atoms with Crippen LogP contribution in [0.3, 0.4) is 0 Å². The first kappa shape index (κ1) is 20.4. The summed E-state index contributed by atoms with van der Waals surface area (Å²) < 4.78 is 29.8. The second-order valence-electron chi connectivity index (χ2n) is 7.32. The molecule has 0 unspecified atom stereocenters. The Bertz CT molecular complexity index is 1290. The number of nitrogens with zero attached hydrogens (tertiary/aromatic N) is 4. The number of hydrogen-bond acceptors (Lipinski definition) is 4. The average molecular weight is 448 g/mol. The molecule has 4 aromatic rings. The number of para-hydroxylation sites is 1. The largest absolute Gasteiger partial charge is 0.311 e. The van der Waals surface area contributed by atoms with Gasteiger partial charge in [-0.1, -0.05) is 60.3 Å². The Morgan fingerprint density at radius 1 is 0.938 bits per heavy atom. The number of amides is 1. The third-order valence-corrected chi connectivity index (χ3v) is 6.24. The van der Waals surface area contributed by atoms with E-state index in [2.05, 4.69) is 10.2 Å². The fourth-order valence-corrected chi connectivity index (χ4v) is 4.64. The van der Waals surface area contributed by atoms with Crippen molar-refractivity contribution < 1.29 is 13.6 Å². The standard InChI is InChI=1S/C24H18F2N4OS/c25-18-10-11-21(19(26)14-18)30-23(17-7-2-1-3-8-17)27-28-24(30)32-15-22(31)29-13-12-16-6-4-5-9-20(16)29/h1-11,14H,12-13,15H2. The minimum atomic E-state index is -0.733. The molecule has 0 saturated carbocycles. The Balaban J connectivity index is 1.47. The lowest BCUT2D eigenvalue weighted by molar-refractivity contribution is -0.116. The molecule has 1 aromatic heterocycles. The maximum absolute atomic E-state index is 14.7. The summed E-state index contributed by atoms with van der Waals surface area (Å²) in [5.74, 6) is -0.932. The van der Waals surface area contributed by atoms with Crippen LogP contribution in [-0.2, 0) is 11.2 Å². The summed E-state index contributed by atoms with van der Waals surface area (Å²) in [4.78, 5) is 14.7. The van der Waals surface area contributed by atoms with Crippen molar-refractivity contribution in [2.45, 2.75) is 11.6 Å². The second kappa shape index (κ2) is 8.55. The monoisotopic (exact) mass is 448 g/mol. The summed E-state index contributed by atoms with van der Waals surface area (Å²) in [6, 6.07) is 20.4. The number of carbonyl (C=O) groups excluding carboxylic acids is 1. The molecule has 0 radical (unpaired) electrons. The van der Waals surface area contributed by atoms with Crippen molar-refractivity contribution in [1.82, 2.24) is 14.8 Å². The maximum Gasteiger partial charge on any atom is 0.237 e. The first-order valence-corrected chi connectivity index (χ1v) is 11.1. The topological polar surface area (TPSA) is 51.0 Å². The van der Waals surface area contributed by atoms with Crippen molar-refractivity contribution >= 4 is 23.4 Å². The summed E-state index contributed by atoms with van der Waals surface area (Å²) in [5, 5.41) is 8.82. The number of benzene rings is 3. The van der Waals surface area contributed by atoms with E-state index in [1.165, 1.54) is 28.5 Å². The fourth-order valence-electron chi connectivity index (χ4n) is 3.82. The smallest absolute Gasteiger partial charge is 0.237 e. The Hall–Kier alpha value is -3.52. The molecule has 0 spiro atoms. The quantitative estimate of drug-likeness (QED) is 0.408. The highest BCUT2D eigenvalue weighted by Crippen LogP contribution is 2.31. The number of aromatic nitrogens is 3. The van der Waals surface area contributed by atoms with Gasteiger partial charge in [0.05, 0.1) is 11.4 Å². The van der Waals surface area contributed by atoms with Gasteiger partial charge >= 0.3 is 0 Å². The first-order chi connectivity index (χ1) is 15.6. The molecule has 5 nitrogen and oxygen atoms in total. The predicted octanol–water partition coefficient (Wildman–Crippen LogP) is 4.89. The first-order valence-electron chi connectivity index (χ1n) is 10.1. The van der Waals surface area contributed by atoms with Crippen LogP contribution in [-0.4, -0.2) is 33.0 Å². The van der Waals surface area contributed by atoms with E-state index in [0.717, 1.165) is 29.3 Å². The zero-order chi connectivity index (χ0) is 22.1. The van der Waals surface area contributed by atoms with Gasteiger partial charge in [0, 0.05) is 23.9 Å². The Morgan fingerprint density at radius 3 is 2.53 bits per heavy atom. The molecule has 0 bridgehead atoms. The number of thioether (sulfide) groups is 1. The molecule has 0 saturated heterocycles. The zero-order valence-corrected chi connectivity index (χ0v) is 17.7. The van der Waals surface area contributed by atoms with Crippen molar-refractivity contribution in [1.29, 1.82) is 0 Å². The summed E-state index contributed by atoms with van der Waals surface area (Å²) in [6.07, 6.45) is 0.821. The van der Waals surface area contributed by atoms with Gasteiger partial charge in [0.15, 0.2) is 11.0 Å². The average Bonchev–Trinajstić information content (AvgIpc) is 3.43. The zero-order valence-electron chi connectivity index (χ0n) is 16.9. The molecule has 0 N–H and O–H groups in total. The number of rotatable bonds is 5. The Labute approximate surface area is 187 Å². The van der Waals surface area contributed by atoms with Crippen molar-refractivity contribution in [2.75, 3.05) is 17.2 Å². The summed E-state index contributed by atoms with van der Waals surface area (Å²) >= 11 is 1.18. The van der Waals surface area contributed by atoms with E-state index in [0.29, 0.717) is 17.5 Å². The molecule has 0 atom stereocenters. The van der Waals surface area contributed by atoms with Crippen molar-refractivity contribution in [3.8, 4) is 17.1 Å². The maximum atomic E-state index is 14.7. The Kier molecular flexibility index (Phi) is 5.45. The molecule has 5 rings (SSSR count). The van der Waals surface area contributed by atoms with Gasteiger partial charge < -0.3 is 4.90 Å². The van der Waals surface area contributed by atoms with Crippen LogP contribution in [0, 0.1) is 11.6 Å². The van der Waals surface area contributed by atoms with Gasteiger partial charge in [-0.25, -0.2) is 8.78 Å². The highest BCUT2D eigenvalue weighted by Gasteiger charge is 2.25. The lowest BCUT2D eigenvalue weighted by atomic mass is 10.2. The minimum Gasteiger partial charge on any atom is -0.311 e. The summed E-state index contributed by atoms with van der Waals surface area (Å²) in [7, 11) is 0. The predicted molar refractivity (Wildman–Crippen MR) is 120 cm³/mol. The molecule has 1 aliphatic heterocycles. The van der Waals surface area contributed by atoms with E-state index >= 15 is 0 Å². The van der Waals surface area contributed by atoms with Crippen LogP contribution in [0.1, 0.15) is 5.56 Å². The molecular weight excluding hydrogens is 430 g/mol. The van der Waals surface area contributed by atoms with Crippen LogP contribution in [0.15, 0.2) is 78.0 Å². The molecule has 0 aliphatic carbocycles. The number of fused-ring (bicyclic) bond motifs is 1. The molecule has 2 heterocycles. The van der Waals surface area contributed by atoms with Gasteiger partial charge in [-0.3, -0.25) is 9.36 Å². The van der Waals surface area contributed by atoms with E-state index in [1.807, 2.05) is 54.6 Å². The molecule has 0 fully saturated rings. The summed E-state index contributed by atoms with van der Waals surface area (Å²) in [6.45, 7) is 0.632. The highest BCUT2D eigenvalue weighted by molar-refractivity contribution is 7.99. The molecule has 8 heteroatoms. The van der Waals surface area contributed by atoms with Crippen LogP contribution in [0.2, 0.25) is 0 Å². The van der Waals surface area contributed by atoms with Crippen LogP contribution in [0.4, 0.5) is 14.5 Å². The molecule has 32 heavy (non-hydrogen) atoms. The van der Waals surface area contributed by atoms with Crippen molar-refractivity contribution in [3.63, 3.8) is 0 Å². The van der Waals surface area contributed by atoms with E-state index in [4.69, 9.17) is 0 Å². The van der Waals surface area contributed by atoms with Crippen LogP contribution in [0.5, 0.6) is 0 Å². The van der Waals surface area contributed by atoms with E-state index in [1.54, 1.807) is 4.90 Å².